The maximum absolute atomic E-state index is 14.0. The molecule has 0 spiro atoms. The molecule has 0 saturated carbocycles. The number of aromatic nitrogens is 3. The van der Waals surface area contributed by atoms with Gasteiger partial charge in [0.25, 0.3) is 5.56 Å². The number of benzene rings is 1. The van der Waals surface area contributed by atoms with E-state index in [2.05, 4.69) is 15.0 Å². The highest BCUT2D eigenvalue weighted by Crippen LogP contribution is 2.24. The van der Waals surface area contributed by atoms with Gasteiger partial charge in [-0.05, 0) is 24.3 Å². The summed E-state index contributed by atoms with van der Waals surface area (Å²) in [7, 11) is 0. The van der Waals surface area contributed by atoms with Crippen molar-refractivity contribution in [3.05, 3.63) is 81.5 Å². The van der Waals surface area contributed by atoms with Crippen molar-refractivity contribution in [3.63, 3.8) is 0 Å². The Morgan fingerprint density at radius 2 is 1.83 bits per heavy atom. The molecule has 1 aliphatic rings. The lowest BCUT2D eigenvalue weighted by Gasteiger charge is -2.36. The first kappa shape index (κ1) is 19.5. The third-order valence-electron chi connectivity index (χ3n) is 4.86. The second kappa shape index (κ2) is 8.26. The summed E-state index contributed by atoms with van der Waals surface area (Å²) in [6.07, 6.45) is 3.22. The third-order valence-corrected chi connectivity index (χ3v) is 5.22. The van der Waals surface area contributed by atoms with Crippen molar-refractivity contribution in [2.24, 2.45) is 0 Å². The minimum Gasteiger partial charge on any atom is -0.366 e. The highest BCUT2D eigenvalue weighted by Gasteiger charge is 2.22. The topological polar surface area (TPSA) is 54.3 Å². The van der Waals surface area contributed by atoms with Gasteiger partial charge in [0, 0.05) is 45.0 Å². The van der Waals surface area contributed by atoms with Gasteiger partial charge in [-0.15, -0.1) is 0 Å². The Kier molecular flexibility index (Phi) is 5.55. The number of pyridine rings is 1. The van der Waals surface area contributed by atoms with Crippen LogP contribution >= 0.6 is 11.6 Å². The zero-order chi connectivity index (χ0) is 20.4. The lowest BCUT2D eigenvalue weighted by atomic mass is 10.2. The monoisotopic (exact) mass is 417 g/mol. The standard InChI is InChI=1S/C20H18ClF2N5O/c21-19-18(12-25-28(20(19)29)17-5-4-14(22)11-16(17)23)27-9-7-26(8-10-27)13-15-3-1-2-6-24-15/h1-6,11-12H,7-10,13H2. The third kappa shape index (κ3) is 4.13. The molecule has 0 aliphatic carbocycles. The second-order valence-corrected chi connectivity index (χ2v) is 7.12. The average molecular weight is 418 g/mol. The van der Waals surface area contributed by atoms with Gasteiger partial charge in [-0.1, -0.05) is 17.7 Å². The van der Waals surface area contributed by atoms with Crippen LogP contribution in [0.25, 0.3) is 5.69 Å². The van der Waals surface area contributed by atoms with Crippen LogP contribution < -0.4 is 10.5 Å². The molecule has 4 rings (SSSR count). The number of hydrogen-bond donors (Lipinski definition) is 0. The molecule has 2 aromatic heterocycles. The Bertz CT molecular complexity index is 1070. The fraction of sp³-hybridized carbons (Fsp3) is 0.250. The molecule has 1 aliphatic heterocycles. The summed E-state index contributed by atoms with van der Waals surface area (Å²) in [4.78, 5) is 21.2. The molecular formula is C20H18ClF2N5O. The van der Waals surface area contributed by atoms with Crippen LogP contribution in [0.3, 0.4) is 0 Å². The van der Waals surface area contributed by atoms with Crippen molar-refractivity contribution in [1.29, 1.82) is 0 Å². The molecular weight excluding hydrogens is 400 g/mol. The van der Waals surface area contributed by atoms with Gasteiger partial charge < -0.3 is 4.90 Å². The second-order valence-electron chi connectivity index (χ2n) is 6.74. The zero-order valence-corrected chi connectivity index (χ0v) is 16.2. The van der Waals surface area contributed by atoms with Crippen LogP contribution in [-0.2, 0) is 6.54 Å². The summed E-state index contributed by atoms with van der Waals surface area (Å²) in [6, 6.07) is 8.76. The van der Waals surface area contributed by atoms with Crippen LogP contribution in [0.1, 0.15) is 5.69 Å². The van der Waals surface area contributed by atoms with Crippen molar-refractivity contribution in [1.82, 2.24) is 19.7 Å². The van der Waals surface area contributed by atoms with E-state index in [1.807, 2.05) is 23.1 Å². The molecule has 0 radical (unpaired) electrons. The van der Waals surface area contributed by atoms with Gasteiger partial charge in [0.1, 0.15) is 16.5 Å². The predicted octanol–water partition coefficient (Wildman–Crippen LogP) is 2.88. The van der Waals surface area contributed by atoms with Gasteiger partial charge in [-0.25, -0.2) is 8.78 Å². The SMILES string of the molecule is O=c1c(Cl)c(N2CCN(Cc3ccccn3)CC2)cnn1-c1ccc(F)cc1F. The first-order valence-electron chi connectivity index (χ1n) is 9.13. The normalized spacial score (nSPS) is 14.9. The Balaban J connectivity index is 1.50. The molecule has 3 heterocycles. The van der Waals surface area contributed by atoms with Gasteiger partial charge >= 0.3 is 0 Å². The van der Waals surface area contributed by atoms with Gasteiger partial charge in [0.2, 0.25) is 0 Å². The number of piperazine rings is 1. The molecule has 0 bridgehead atoms. The molecule has 0 N–H and O–H groups in total. The quantitative estimate of drug-likeness (QED) is 0.653. The number of hydrogen-bond acceptors (Lipinski definition) is 5. The molecule has 0 amide bonds. The minimum atomic E-state index is -0.883. The molecule has 6 nitrogen and oxygen atoms in total. The lowest BCUT2D eigenvalue weighted by Crippen LogP contribution is -2.46. The van der Waals surface area contributed by atoms with Crippen LogP contribution in [0.15, 0.2) is 53.6 Å². The first-order chi connectivity index (χ1) is 14.0. The summed E-state index contributed by atoms with van der Waals surface area (Å²) >= 11 is 6.30. The van der Waals surface area contributed by atoms with Crippen molar-refractivity contribution >= 4 is 17.3 Å². The van der Waals surface area contributed by atoms with Crippen LogP contribution in [0.2, 0.25) is 5.02 Å². The van der Waals surface area contributed by atoms with Gasteiger partial charge in [0.05, 0.1) is 17.6 Å². The lowest BCUT2D eigenvalue weighted by molar-refractivity contribution is 0.247. The Morgan fingerprint density at radius 1 is 1.03 bits per heavy atom. The van der Waals surface area contributed by atoms with Gasteiger partial charge in [-0.2, -0.15) is 9.78 Å². The highest BCUT2D eigenvalue weighted by molar-refractivity contribution is 6.33. The first-order valence-corrected chi connectivity index (χ1v) is 9.51. The maximum atomic E-state index is 14.0. The number of halogens is 3. The van der Waals surface area contributed by atoms with E-state index in [9.17, 15) is 13.6 Å². The summed E-state index contributed by atoms with van der Waals surface area (Å²) < 4.78 is 28.0. The van der Waals surface area contributed by atoms with Crippen molar-refractivity contribution in [2.75, 3.05) is 31.1 Å². The number of rotatable bonds is 4. The van der Waals surface area contributed by atoms with Gasteiger partial charge in [-0.3, -0.25) is 14.7 Å². The zero-order valence-electron chi connectivity index (χ0n) is 15.4. The smallest absolute Gasteiger partial charge is 0.292 e. The number of nitrogens with zero attached hydrogens (tertiary/aromatic N) is 5. The van der Waals surface area contributed by atoms with E-state index < -0.39 is 17.2 Å². The molecule has 150 valence electrons. The van der Waals surface area contributed by atoms with Crippen LogP contribution in [0.5, 0.6) is 0 Å². The van der Waals surface area contributed by atoms with E-state index in [0.29, 0.717) is 24.8 Å². The Hall–Kier alpha value is -2.84. The molecule has 9 heteroatoms. The molecule has 29 heavy (non-hydrogen) atoms. The van der Waals surface area contributed by atoms with E-state index in [1.165, 1.54) is 6.20 Å². The van der Waals surface area contributed by atoms with Crippen molar-refractivity contribution < 1.29 is 8.78 Å². The van der Waals surface area contributed by atoms with E-state index in [1.54, 1.807) is 6.20 Å². The summed E-state index contributed by atoms with van der Waals surface area (Å²) in [5, 5.41) is 4.01. The predicted molar refractivity (Wildman–Crippen MR) is 106 cm³/mol. The summed E-state index contributed by atoms with van der Waals surface area (Å²) in [5.41, 5.74) is 0.716. The van der Waals surface area contributed by atoms with Crippen LogP contribution in [-0.4, -0.2) is 45.8 Å². The molecule has 1 aromatic carbocycles. The molecule has 0 unspecified atom stereocenters. The average Bonchev–Trinajstić information content (AvgIpc) is 2.72. The van der Waals surface area contributed by atoms with E-state index >= 15 is 0 Å². The Morgan fingerprint density at radius 3 is 2.52 bits per heavy atom. The maximum Gasteiger partial charge on any atom is 0.292 e. The number of anilines is 1. The van der Waals surface area contributed by atoms with Crippen LogP contribution in [0.4, 0.5) is 14.5 Å². The Labute approximate surface area is 171 Å². The fourth-order valence-electron chi connectivity index (χ4n) is 3.34. The summed E-state index contributed by atoms with van der Waals surface area (Å²) in [5.74, 6) is -1.61. The minimum absolute atomic E-state index is 0.0399. The largest absolute Gasteiger partial charge is 0.366 e. The van der Waals surface area contributed by atoms with Gasteiger partial charge in [0.15, 0.2) is 5.82 Å². The van der Waals surface area contributed by atoms with Crippen molar-refractivity contribution in [3.8, 4) is 5.69 Å². The van der Waals surface area contributed by atoms with Crippen molar-refractivity contribution in [2.45, 2.75) is 6.54 Å². The molecule has 1 saturated heterocycles. The van der Waals surface area contributed by atoms with Crippen LogP contribution in [0, 0.1) is 11.6 Å². The molecule has 1 fully saturated rings. The highest BCUT2D eigenvalue weighted by atomic mass is 35.5. The van der Waals surface area contributed by atoms with E-state index in [-0.39, 0.29) is 10.7 Å². The van der Waals surface area contributed by atoms with E-state index in [4.69, 9.17) is 11.6 Å². The summed E-state index contributed by atoms with van der Waals surface area (Å²) in [6.45, 7) is 3.66. The molecule has 3 aromatic rings. The molecule has 0 atom stereocenters. The van der Waals surface area contributed by atoms with E-state index in [0.717, 1.165) is 42.1 Å². The fourth-order valence-corrected chi connectivity index (χ4v) is 3.59.